The lowest BCUT2D eigenvalue weighted by atomic mass is 10.2. The number of carboxylic acid groups (broad SMARTS) is 1. The number of amides is 2. The molecule has 0 aliphatic carbocycles. The van der Waals surface area contributed by atoms with Crippen LogP contribution in [0.4, 0.5) is 20.6 Å². The molecule has 2 amide bonds. The molecular formula is C16H11FN2O4S. The number of thioether (sulfide) groups is 1. The molecular weight excluding hydrogens is 335 g/mol. The molecule has 1 fully saturated rings. The Balaban J connectivity index is 1.85. The number of anilines is 2. The molecule has 2 aromatic carbocycles. The van der Waals surface area contributed by atoms with E-state index >= 15 is 0 Å². The first-order chi connectivity index (χ1) is 11.5. The second kappa shape index (κ2) is 6.32. The van der Waals surface area contributed by atoms with E-state index in [1.165, 1.54) is 24.3 Å². The summed E-state index contributed by atoms with van der Waals surface area (Å²) >= 11 is 0.736. The summed E-state index contributed by atoms with van der Waals surface area (Å²) < 4.78 is 13.0. The molecule has 1 heterocycles. The zero-order chi connectivity index (χ0) is 17.3. The highest BCUT2D eigenvalue weighted by atomic mass is 32.2. The van der Waals surface area contributed by atoms with Crippen molar-refractivity contribution in [3.63, 3.8) is 0 Å². The summed E-state index contributed by atoms with van der Waals surface area (Å²) in [6.07, 6.45) is 0. The Labute approximate surface area is 140 Å². The molecule has 1 saturated heterocycles. The Morgan fingerprint density at radius 2 is 1.79 bits per heavy atom. The zero-order valence-electron chi connectivity index (χ0n) is 12.1. The number of hydrogen-bond donors (Lipinski definition) is 2. The van der Waals surface area contributed by atoms with Gasteiger partial charge in [-0.15, -0.1) is 0 Å². The van der Waals surface area contributed by atoms with Crippen LogP contribution in [-0.4, -0.2) is 27.6 Å². The predicted molar refractivity (Wildman–Crippen MR) is 87.7 cm³/mol. The van der Waals surface area contributed by atoms with Crippen LogP contribution in [0.2, 0.25) is 0 Å². The summed E-state index contributed by atoms with van der Waals surface area (Å²) in [5.41, 5.74) is 0.498. The van der Waals surface area contributed by atoms with Crippen molar-refractivity contribution in [2.75, 3.05) is 10.2 Å². The molecule has 1 aliphatic rings. The van der Waals surface area contributed by atoms with E-state index in [0.29, 0.717) is 0 Å². The number of nitrogens with one attached hydrogen (secondary N) is 1. The lowest BCUT2D eigenvalue weighted by molar-refractivity contribution is -0.116. The number of carbonyl (C=O) groups excluding carboxylic acids is 2. The summed E-state index contributed by atoms with van der Waals surface area (Å²) in [5.74, 6) is -2.16. The molecule has 8 heteroatoms. The molecule has 2 N–H and O–H groups in total. The molecule has 122 valence electrons. The number of hydrogen-bond acceptors (Lipinski definition) is 5. The highest BCUT2D eigenvalue weighted by Gasteiger charge is 2.41. The van der Waals surface area contributed by atoms with Crippen LogP contribution < -0.4 is 10.2 Å². The first kappa shape index (κ1) is 16.0. The fourth-order valence-electron chi connectivity index (χ4n) is 2.26. The van der Waals surface area contributed by atoms with Crippen molar-refractivity contribution in [3.8, 4) is 0 Å². The molecule has 3 rings (SSSR count). The van der Waals surface area contributed by atoms with E-state index < -0.39 is 28.3 Å². The Kier molecular flexibility index (Phi) is 4.22. The third kappa shape index (κ3) is 2.95. The molecule has 2 aromatic rings. The van der Waals surface area contributed by atoms with E-state index in [0.717, 1.165) is 28.8 Å². The molecule has 1 atom stereocenters. The summed E-state index contributed by atoms with van der Waals surface area (Å²) in [6.45, 7) is 0. The van der Waals surface area contributed by atoms with Crippen LogP contribution in [-0.2, 0) is 4.79 Å². The molecule has 1 unspecified atom stereocenters. The van der Waals surface area contributed by atoms with Crippen LogP contribution in [0.25, 0.3) is 0 Å². The summed E-state index contributed by atoms with van der Waals surface area (Å²) in [4.78, 5) is 36.7. The van der Waals surface area contributed by atoms with Gasteiger partial charge in [-0.1, -0.05) is 12.1 Å². The number of carbonyl (C=O) groups is 3. The molecule has 0 radical (unpaired) electrons. The lowest BCUT2D eigenvalue weighted by Crippen LogP contribution is -2.34. The topological polar surface area (TPSA) is 86.7 Å². The number of carboxylic acids is 1. The number of halogens is 1. The minimum Gasteiger partial charge on any atom is -0.478 e. The smallest absolute Gasteiger partial charge is 0.337 e. The van der Waals surface area contributed by atoms with Gasteiger partial charge < -0.3 is 10.4 Å². The predicted octanol–water partition coefficient (Wildman–Crippen LogP) is 3.16. The van der Waals surface area contributed by atoms with Gasteiger partial charge in [0.05, 0.1) is 11.3 Å². The first-order valence-electron chi connectivity index (χ1n) is 6.86. The third-order valence-electron chi connectivity index (χ3n) is 3.37. The van der Waals surface area contributed by atoms with Crippen molar-refractivity contribution in [1.29, 1.82) is 0 Å². The van der Waals surface area contributed by atoms with E-state index in [1.54, 1.807) is 12.1 Å². The summed E-state index contributed by atoms with van der Waals surface area (Å²) in [5, 5.41) is 10.5. The zero-order valence-corrected chi connectivity index (χ0v) is 12.9. The summed E-state index contributed by atoms with van der Waals surface area (Å²) in [6, 6.07) is 11.1. The van der Waals surface area contributed by atoms with Crippen molar-refractivity contribution < 1.29 is 23.9 Å². The largest absolute Gasteiger partial charge is 0.478 e. The van der Waals surface area contributed by atoms with Gasteiger partial charge in [0, 0.05) is 5.69 Å². The third-order valence-corrected chi connectivity index (χ3v) is 4.31. The molecule has 0 aromatic heterocycles. The SMILES string of the molecule is O=C(O)c1ccccc1NC1SC(=O)N(c2ccc(F)cc2)C1=O. The average molecular weight is 346 g/mol. The Bertz CT molecular complexity index is 825. The Morgan fingerprint density at radius 1 is 1.12 bits per heavy atom. The molecule has 0 saturated carbocycles. The Morgan fingerprint density at radius 3 is 2.46 bits per heavy atom. The van der Waals surface area contributed by atoms with Crippen molar-refractivity contribution in [3.05, 3.63) is 59.9 Å². The molecule has 6 nitrogen and oxygen atoms in total. The Hall–Kier alpha value is -2.87. The highest BCUT2D eigenvalue weighted by molar-refractivity contribution is 8.16. The quantitative estimate of drug-likeness (QED) is 0.884. The van der Waals surface area contributed by atoms with Gasteiger partial charge in [0.1, 0.15) is 5.82 Å². The van der Waals surface area contributed by atoms with Crippen LogP contribution in [0.1, 0.15) is 10.4 Å². The second-order valence-corrected chi connectivity index (χ2v) is 5.97. The van der Waals surface area contributed by atoms with E-state index in [2.05, 4.69) is 5.32 Å². The van der Waals surface area contributed by atoms with Crippen molar-refractivity contribution >= 4 is 40.3 Å². The van der Waals surface area contributed by atoms with Gasteiger partial charge in [0.2, 0.25) is 0 Å². The van der Waals surface area contributed by atoms with E-state index in [9.17, 15) is 18.8 Å². The minimum atomic E-state index is -1.14. The molecule has 24 heavy (non-hydrogen) atoms. The number of rotatable bonds is 4. The van der Waals surface area contributed by atoms with Crippen LogP contribution in [0.15, 0.2) is 48.5 Å². The first-order valence-corrected chi connectivity index (χ1v) is 7.74. The van der Waals surface area contributed by atoms with Crippen LogP contribution in [0.5, 0.6) is 0 Å². The maximum atomic E-state index is 13.0. The van der Waals surface area contributed by atoms with Crippen molar-refractivity contribution in [2.45, 2.75) is 5.37 Å². The maximum Gasteiger partial charge on any atom is 0.337 e. The number of nitrogens with zero attached hydrogens (tertiary/aromatic N) is 1. The van der Waals surface area contributed by atoms with Gasteiger partial charge in [-0.05, 0) is 48.2 Å². The molecule has 0 bridgehead atoms. The van der Waals surface area contributed by atoms with Gasteiger partial charge in [-0.25, -0.2) is 14.1 Å². The van der Waals surface area contributed by atoms with Gasteiger partial charge in [0.15, 0.2) is 5.37 Å². The van der Waals surface area contributed by atoms with Gasteiger partial charge in [0.25, 0.3) is 11.1 Å². The van der Waals surface area contributed by atoms with Gasteiger partial charge in [-0.3, -0.25) is 9.59 Å². The average Bonchev–Trinajstić information content (AvgIpc) is 2.83. The number of para-hydroxylation sites is 1. The van der Waals surface area contributed by atoms with E-state index in [4.69, 9.17) is 5.11 Å². The van der Waals surface area contributed by atoms with Gasteiger partial charge in [-0.2, -0.15) is 0 Å². The minimum absolute atomic E-state index is 0.00131. The fraction of sp³-hybridized carbons (Fsp3) is 0.0625. The molecule has 0 spiro atoms. The van der Waals surface area contributed by atoms with Crippen LogP contribution >= 0.6 is 11.8 Å². The normalized spacial score (nSPS) is 17.2. The van der Waals surface area contributed by atoms with E-state index in [-0.39, 0.29) is 16.9 Å². The maximum absolute atomic E-state index is 13.0. The van der Waals surface area contributed by atoms with Crippen LogP contribution in [0, 0.1) is 5.82 Å². The molecule has 1 aliphatic heterocycles. The van der Waals surface area contributed by atoms with Crippen LogP contribution in [0.3, 0.4) is 0 Å². The summed E-state index contributed by atoms with van der Waals surface area (Å²) in [7, 11) is 0. The van der Waals surface area contributed by atoms with Gasteiger partial charge >= 0.3 is 5.97 Å². The van der Waals surface area contributed by atoms with Crippen molar-refractivity contribution in [1.82, 2.24) is 0 Å². The monoisotopic (exact) mass is 346 g/mol. The van der Waals surface area contributed by atoms with Crippen molar-refractivity contribution in [2.24, 2.45) is 0 Å². The lowest BCUT2D eigenvalue weighted by Gasteiger charge is -2.15. The number of imide groups is 1. The number of aromatic carboxylic acids is 1. The standard InChI is InChI=1S/C16H11FN2O4S/c17-9-5-7-10(8-6-9)19-14(20)13(24-16(19)23)18-12-4-2-1-3-11(12)15(21)22/h1-8,13,18H,(H,21,22). The second-order valence-electron chi connectivity index (χ2n) is 4.91. The van der Waals surface area contributed by atoms with E-state index in [1.807, 2.05) is 0 Å². The number of benzene rings is 2. The highest BCUT2D eigenvalue weighted by Crippen LogP contribution is 2.33. The fourth-order valence-corrected chi connectivity index (χ4v) is 3.16.